The summed E-state index contributed by atoms with van der Waals surface area (Å²) in [6.45, 7) is 4.24. The fourth-order valence-electron chi connectivity index (χ4n) is 2.33. The van der Waals surface area contributed by atoms with E-state index in [0.717, 1.165) is 25.5 Å². The van der Waals surface area contributed by atoms with E-state index in [-0.39, 0.29) is 29.7 Å². The Labute approximate surface area is 152 Å². The number of hydrogen-bond donors (Lipinski definition) is 2. The molecule has 130 valence electrons. The lowest BCUT2D eigenvalue weighted by molar-refractivity contribution is 0.599. The van der Waals surface area contributed by atoms with Crippen LogP contribution in [0.15, 0.2) is 16.6 Å². The summed E-state index contributed by atoms with van der Waals surface area (Å²) in [6, 6.07) is 0. The maximum absolute atomic E-state index is 11.1. The van der Waals surface area contributed by atoms with E-state index >= 15 is 0 Å². The van der Waals surface area contributed by atoms with Gasteiger partial charge in [-0.3, -0.25) is 4.99 Å². The molecule has 22 heavy (non-hydrogen) atoms. The molecule has 1 aliphatic carbocycles. The Balaban J connectivity index is 0.00000441. The number of rotatable bonds is 8. The maximum Gasteiger partial charge on any atom is 0.191 e. The number of aliphatic imine (C=N–C) groups is 1. The summed E-state index contributed by atoms with van der Waals surface area (Å²) < 4.78 is 22.1. The first-order valence-corrected chi connectivity index (χ1v) is 9.95. The van der Waals surface area contributed by atoms with Crippen molar-refractivity contribution in [2.75, 3.05) is 31.6 Å². The number of guanidine groups is 1. The number of nitrogens with zero attached hydrogens (tertiary/aromatic N) is 1. The molecule has 0 spiro atoms. The normalized spacial score (nSPS) is 15.7. The smallest absolute Gasteiger partial charge is 0.191 e. The molecule has 0 atom stereocenters. The first-order chi connectivity index (χ1) is 10.0. The topological polar surface area (TPSA) is 70.6 Å². The number of halogens is 1. The zero-order valence-electron chi connectivity index (χ0n) is 13.7. The van der Waals surface area contributed by atoms with E-state index in [0.29, 0.717) is 13.0 Å². The van der Waals surface area contributed by atoms with E-state index in [9.17, 15) is 8.42 Å². The van der Waals surface area contributed by atoms with E-state index < -0.39 is 9.84 Å². The first-order valence-electron chi connectivity index (χ1n) is 7.89. The lowest BCUT2D eigenvalue weighted by atomic mass is 9.97. The van der Waals surface area contributed by atoms with E-state index in [1.54, 1.807) is 5.57 Å². The summed E-state index contributed by atoms with van der Waals surface area (Å²) in [6.07, 6.45) is 10.3. The van der Waals surface area contributed by atoms with Crippen molar-refractivity contribution in [1.29, 1.82) is 0 Å². The Morgan fingerprint density at radius 3 is 2.68 bits per heavy atom. The van der Waals surface area contributed by atoms with Crippen molar-refractivity contribution >= 4 is 39.8 Å². The van der Waals surface area contributed by atoms with E-state index in [2.05, 4.69) is 21.7 Å². The molecule has 0 fully saturated rings. The van der Waals surface area contributed by atoms with Gasteiger partial charge in [0.1, 0.15) is 9.84 Å². The van der Waals surface area contributed by atoms with Gasteiger partial charge in [0, 0.05) is 25.9 Å². The molecule has 1 aliphatic rings. The largest absolute Gasteiger partial charge is 0.357 e. The SMILES string of the molecule is CCNC(=NCCCS(C)(=O)=O)NCCC1=CCCCC1.I. The van der Waals surface area contributed by atoms with Crippen molar-refractivity contribution < 1.29 is 8.42 Å². The third-order valence-corrected chi connectivity index (χ3v) is 4.44. The van der Waals surface area contributed by atoms with Gasteiger partial charge in [-0.1, -0.05) is 11.6 Å². The van der Waals surface area contributed by atoms with Gasteiger partial charge >= 0.3 is 0 Å². The fourth-order valence-corrected chi connectivity index (χ4v) is 2.99. The van der Waals surface area contributed by atoms with E-state index in [1.807, 2.05) is 6.92 Å². The second kappa shape index (κ2) is 12.2. The van der Waals surface area contributed by atoms with Crippen LogP contribution in [0, 0.1) is 0 Å². The van der Waals surface area contributed by atoms with Gasteiger partial charge in [-0.25, -0.2) is 8.42 Å². The van der Waals surface area contributed by atoms with E-state index in [1.165, 1.54) is 31.9 Å². The number of sulfone groups is 1. The first kappa shape index (κ1) is 21.7. The molecule has 2 N–H and O–H groups in total. The average molecular weight is 443 g/mol. The quantitative estimate of drug-likeness (QED) is 0.199. The predicted molar refractivity (Wildman–Crippen MR) is 105 cm³/mol. The van der Waals surface area contributed by atoms with Gasteiger partial charge in [-0.2, -0.15) is 0 Å². The van der Waals surface area contributed by atoms with Crippen molar-refractivity contribution in [1.82, 2.24) is 10.6 Å². The lowest BCUT2D eigenvalue weighted by Gasteiger charge is -2.15. The van der Waals surface area contributed by atoms with Crippen molar-refractivity contribution in [3.8, 4) is 0 Å². The monoisotopic (exact) mass is 443 g/mol. The van der Waals surface area contributed by atoms with Gasteiger partial charge in [0.05, 0.1) is 5.75 Å². The highest BCUT2D eigenvalue weighted by atomic mass is 127. The van der Waals surface area contributed by atoms with Crippen molar-refractivity contribution in [3.63, 3.8) is 0 Å². The highest BCUT2D eigenvalue weighted by Gasteiger charge is 2.04. The highest BCUT2D eigenvalue weighted by molar-refractivity contribution is 14.0. The molecule has 0 aliphatic heterocycles. The van der Waals surface area contributed by atoms with Crippen LogP contribution in [0.1, 0.15) is 45.4 Å². The zero-order valence-corrected chi connectivity index (χ0v) is 16.9. The van der Waals surface area contributed by atoms with Gasteiger partial charge in [0.25, 0.3) is 0 Å². The summed E-state index contributed by atoms with van der Waals surface area (Å²) >= 11 is 0. The second-order valence-corrected chi connectivity index (χ2v) is 7.79. The molecule has 0 saturated carbocycles. The molecule has 7 heteroatoms. The third kappa shape index (κ3) is 11.3. The van der Waals surface area contributed by atoms with Crippen LogP contribution in [0.3, 0.4) is 0 Å². The third-order valence-electron chi connectivity index (χ3n) is 3.41. The summed E-state index contributed by atoms with van der Waals surface area (Å²) in [5.74, 6) is 0.977. The van der Waals surface area contributed by atoms with Crippen LogP contribution in [0.2, 0.25) is 0 Å². The predicted octanol–water partition coefficient (Wildman–Crippen LogP) is 2.48. The van der Waals surface area contributed by atoms with Gasteiger partial charge in [0.15, 0.2) is 5.96 Å². The molecule has 0 saturated heterocycles. The van der Waals surface area contributed by atoms with Crippen LogP contribution < -0.4 is 10.6 Å². The summed E-state index contributed by atoms with van der Waals surface area (Å²) in [7, 11) is -2.88. The second-order valence-electron chi connectivity index (χ2n) is 5.53. The molecule has 0 bridgehead atoms. The number of hydrogen-bond acceptors (Lipinski definition) is 3. The molecule has 0 aromatic carbocycles. The minimum Gasteiger partial charge on any atom is -0.357 e. The zero-order chi connectivity index (χ0) is 15.6. The summed E-state index contributed by atoms with van der Waals surface area (Å²) in [5.41, 5.74) is 1.54. The van der Waals surface area contributed by atoms with Crippen LogP contribution in [-0.4, -0.2) is 46.0 Å². The lowest BCUT2D eigenvalue weighted by Crippen LogP contribution is -2.38. The average Bonchev–Trinajstić information content (AvgIpc) is 2.43. The van der Waals surface area contributed by atoms with Gasteiger partial charge in [-0.15, -0.1) is 24.0 Å². The Hall–Kier alpha value is -0.310. The summed E-state index contributed by atoms with van der Waals surface area (Å²) in [5, 5.41) is 6.50. The maximum atomic E-state index is 11.1. The minimum absolute atomic E-state index is 0. The highest BCUT2D eigenvalue weighted by Crippen LogP contribution is 2.19. The molecule has 0 amide bonds. The van der Waals surface area contributed by atoms with Crippen LogP contribution in [0.5, 0.6) is 0 Å². The summed E-state index contributed by atoms with van der Waals surface area (Å²) in [4.78, 5) is 4.41. The Morgan fingerprint density at radius 2 is 2.09 bits per heavy atom. The molecule has 0 radical (unpaired) electrons. The molecule has 1 rings (SSSR count). The van der Waals surface area contributed by atoms with Crippen LogP contribution in [0.25, 0.3) is 0 Å². The van der Waals surface area contributed by atoms with E-state index in [4.69, 9.17) is 0 Å². The number of allylic oxidation sites excluding steroid dienone is 1. The molecule has 0 unspecified atom stereocenters. The van der Waals surface area contributed by atoms with Gasteiger partial charge in [-0.05, 0) is 45.4 Å². The van der Waals surface area contributed by atoms with Crippen LogP contribution in [-0.2, 0) is 9.84 Å². The fraction of sp³-hybridized carbons (Fsp3) is 0.800. The van der Waals surface area contributed by atoms with Crippen molar-refractivity contribution in [2.24, 2.45) is 4.99 Å². The van der Waals surface area contributed by atoms with Crippen LogP contribution >= 0.6 is 24.0 Å². The minimum atomic E-state index is -2.88. The molecular formula is C15H30IN3O2S. The standard InChI is InChI=1S/C15H29N3O2S.HI/c1-3-16-15(17-11-7-13-21(2,19)20)18-12-10-14-8-5-4-6-9-14;/h8H,3-7,9-13H2,1-2H3,(H2,16,17,18);1H. The molecule has 0 heterocycles. The Morgan fingerprint density at radius 1 is 1.32 bits per heavy atom. The van der Waals surface area contributed by atoms with Crippen molar-refractivity contribution in [2.45, 2.75) is 45.4 Å². The molecule has 0 aromatic rings. The molecular weight excluding hydrogens is 413 g/mol. The Kier molecular flexibility index (Phi) is 12.0. The molecule has 5 nitrogen and oxygen atoms in total. The number of nitrogens with one attached hydrogen (secondary N) is 2. The Bertz CT molecular complexity index is 461. The van der Waals surface area contributed by atoms with Crippen molar-refractivity contribution in [3.05, 3.63) is 11.6 Å². The van der Waals surface area contributed by atoms with Gasteiger partial charge < -0.3 is 10.6 Å². The molecule has 0 aromatic heterocycles. The van der Waals surface area contributed by atoms with Crippen LogP contribution in [0.4, 0.5) is 0 Å². The van der Waals surface area contributed by atoms with Gasteiger partial charge in [0.2, 0.25) is 0 Å².